The van der Waals surface area contributed by atoms with Crippen molar-refractivity contribution in [2.75, 3.05) is 12.4 Å². The third-order valence-corrected chi connectivity index (χ3v) is 3.20. The van der Waals surface area contributed by atoms with Crippen LogP contribution in [0.15, 0.2) is 46.9 Å². The van der Waals surface area contributed by atoms with Gasteiger partial charge in [-0.05, 0) is 51.8 Å². The Labute approximate surface area is 114 Å². The molecule has 4 heteroatoms. The van der Waals surface area contributed by atoms with Crippen molar-refractivity contribution in [3.05, 3.63) is 58.3 Å². The lowest BCUT2D eigenvalue weighted by Gasteiger charge is -2.09. The summed E-state index contributed by atoms with van der Waals surface area (Å²) >= 11 is 3.32. The van der Waals surface area contributed by atoms with Crippen molar-refractivity contribution in [3.63, 3.8) is 0 Å². The number of nitrogens with one attached hydrogen (secondary N) is 1. The Kier molecular flexibility index (Phi) is 4.20. The fourth-order valence-corrected chi connectivity index (χ4v) is 2.10. The first-order valence-corrected chi connectivity index (χ1v) is 6.30. The number of halogens is 2. The maximum absolute atomic E-state index is 12.9. The van der Waals surface area contributed by atoms with Gasteiger partial charge in [-0.2, -0.15) is 0 Å². The second-order valence-corrected chi connectivity index (χ2v) is 4.68. The van der Waals surface area contributed by atoms with Crippen LogP contribution >= 0.6 is 15.9 Å². The third kappa shape index (κ3) is 3.23. The monoisotopic (exact) mass is 309 g/mol. The van der Waals surface area contributed by atoms with Crippen LogP contribution < -0.4 is 10.1 Å². The Hall–Kier alpha value is -1.55. The smallest absolute Gasteiger partial charge is 0.124 e. The van der Waals surface area contributed by atoms with E-state index in [-0.39, 0.29) is 5.82 Å². The molecule has 18 heavy (non-hydrogen) atoms. The molecular weight excluding hydrogens is 297 g/mol. The van der Waals surface area contributed by atoms with Crippen LogP contribution in [0.4, 0.5) is 10.1 Å². The van der Waals surface area contributed by atoms with Crippen molar-refractivity contribution >= 4 is 21.6 Å². The van der Waals surface area contributed by atoms with Gasteiger partial charge in [0.2, 0.25) is 0 Å². The highest BCUT2D eigenvalue weighted by atomic mass is 79.9. The molecule has 0 saturated heterocycles. The summed E-state index contributed by atoms with van der Waals surface area (Å²) in [7, 11) is 1.64. The molecule has 0 amide bonds. The lowest BCUT2D eigenvalue weighted by atomic mass is 10.2. The maximum atomic E-state index is 12.9. The zero-order valence-electron chi connectivity index (χ0n) is 9.91. The van der Waals surface area contributed by atoms with Crippen molar-refractivity contribution in [1.82, 2.24) is 0 Å². The molecule has 0 radical (unpaired) electrons. The minimum atomic E-state index is -0.256. The summed E-state index contributed by atoms with van der Waals surface area (Å²) in [5, 5.41) is 3.24. The summed E-state index contributed by atoms with van der Waals surface area (Å²) in [4.78, 5) is 0. The van der Waals surface area contributed by atoms with Gasteiger partial charge in [-0.3, -0.25) is 0 Å². The largest absolute Gasteiger partial charge is 0.497 e. The molecular formula is C14H13BrFNO. The van der Waals surface area contributed by atoms with E-state index in [1.807, 2.05) is 24.3 Å². The van der Waals surface area contributed by atoms with E-state index in [4.69, 9.17) is 4.74 Å². The molecule has 2 aromatic rings. The molecule has 0 aliphatic carbocycles. The van der Waals surface area contributed by atoms with Crippen LogP contribution in [0.5, 0.6) is 5.75 Å². The average molecular weight is 310 g/mol. The van der Waals surface area contributed by atoms with Crippen LogP contribution in [0.1, 0.15) is 5.56 Å². The van der Waals surface area contributed by atoms with Gasteiger partial charge in [0.25, 0.3) is 0 Å². The molecule has 0 spiro atoms. The average Bonchev–Trinajstić information content (AvgIpc) is 2.38. The number of rotatable bonds is 4. The molecule has 0 fully saturated rings. The topological polar surface area (TPSA) is 21.3 Å². The maximum Gasteiger partial charge on any atom is 0.124 e. The van der Waals surface area contributed by atoms with Gasteiger partial charge in [-0.25, -0.2) is 4.39 Å². The summed E-state index contributed by atoms with van der Waals surface area (Å²) in [6, 6.07) is 12.4. The van der Waals surface area contributed by atoms with E-state index in [1.54, 1.807) is 13.2 Å². The zero-order valence-corrected chi connectivity index (χ0v) is 11.5. The Bertz CT molecular complexity index is 545. The molecule has 1 N–H and O–H groups in total. The van der Waals surface area contributed by atoms with Gasteiger partial charge in [0, 0.05) is 16.7 Å². The quantitative estimate of drug-likeness (QED) is 0.913. The number of ether oxygens (including phenoxy) is 1. The minimum Gasteiger partial charge on any atom is -0.497 e. The van der Waals surface area contributed by atoms with Crippen LogP contribution in [-0.4, -0.2) is 7.11 Å². The van der Waals surface area contributed by atoms with Gasteiger partial charge < -0.3 is 10.1 Å². The molecule has 2 aromatic carbocycles. The first kappa shape index (κ1) is 12.9. The van der Waals surface area contributed by atoms with E-state index in [0.717, 1.165) is 17.0 Å². The fourth-order valence-electron chi connectivity index (χ4n) is 1.61. The summed E-state index contributed by atoms with van der Waals surface area (Å²) in [6.07, 6.45) is 0. The summed E-state index contributed by atoms with van der Waals surface area (Å²) in [6.45, 7) is 0.654. The van der Waals surface area contributed by atoms with E-state index in [9.17, 15) is 4.39 Å². The Morgan fingerprint density at radius 3 is 2.78 bits per heavy atom. The van der Waals surface area contributed by atoms with Crippen LogP contribution in [0, 0.1) is 5.82 Å². The Morgan fingerprint density at radius 2 is 2.06 bits per heavy atom. The molecule has 0 aliphatic rings. The number of benzene rings is 2. The molecule has 0 aliphatic heterocycles. The SMILES string of the molecule is COc1cccc(CNc2ccc(F)cc2Br)c1. The van der Waals surface area contributed by atoms with Gasteiger partial charge in [0.1, 0.15) is 11.6 Å². The van der Waals surface area contributed by atoms with Crippen LogP contribution in [-0.2, 0) is 6.54 Å². The first-order valence-electron chi connectivity index (χ1n) is 5.51. The van der Waals surface area contributed by atoms with Crippen LogP contribution in [0.3, 0.4) is 0 Å². The lowest BCUT2D eigenvalue weighted by Crippen LogP contribution is -2.00. The summed E-state index contributed by atoms with van der Waals surface area (Å²) in [5.41, 5.74) is 1.96. The van der Waals surface area contributed by atoms with Gasteiger partial charge in [-0.15, -0.1) is 0 Å². The standard InChI is InChI=1S/C14H13BrFNO/c1-18-12-4-2-3-10(7-12)9-17-14-6-5-11(16)8-13(14)15/h2-8,17H,9H2,1H3. The van der Waals surface area contributed by atoms with Crippen molar-refractivity contribution in [1.29, 1.82) is 0 Å². The van der Waals surface area contributed by atoms with E-state index >= 15 is 0 Å². The normalized spacial score (nSPS) is 10.2. The summed E-state index contributed by atoms with van der Waals surface area (Å²) in [5.74, 6) is 0.571. The predicted octanol–water partition coefficient (Wildman–Crippen LogP) is 4.21. The van der Waals surface area contributed by atoms with E-state index in [0.29, 0.717) is 11.0 Å². The highest BCUT2D eigenvalue weighted by Gasteiger charge is 2.01. The van der Waals surface area contributed by atoms with E-state index < -0.39 is 0 Å². The zero-order chi connectivity index (χ0) is 13.0. The Morgan fingerprint density at radius 1 is 1.22 bits per heavy atom. The van der Waals surface area contributed by atoms with Crippen LogP contribution in [0.2, 0.25) is 0 Å². The van der Waals surface area contributed by atoms with Gasteiger partial charge in [0.05, 0.1) is 7.11 Å². The van der Waals surface area contributed by atoms with Crippen molar-refractivity contribution in [2.45, 2.75) is 6.54 Å². The number of hydrogen-bond acceptors (Lipinski definition) is 2. The highest BCUT2D eigenvalue weighted by molar-refractivity contribution is 9.10. The van der Waals surface area contributed by atoms with E-state index in [1.165, 1.54) is 12.1 Å². The minimum absolute atomic E-state index is 0.256. The molecule has 2 nitrogen and oxygen atoms in total. The fraction of sp³-hybridized carbons (Fsp3) is 0.143. The van der Waals surface area contributed by atoms with Crippen molar-refractivity contribution < 1.29 is 9.13 Å². The molecule has 0 heterocycles. The third-order valence-electron chi connectivity index (χ3n) is 2.55. The van der Waals surface area contributed by atoms with Crippen molar-refractivity contribution in [3.8, 4) is 5.75 Å². The van der Waals surface area contributed by atoms with Gasteiger partial charge in [-0.1, -0.05) is 12.1 Å². The highest BCUT2D eigenvalue weighted by Crippen LogP contribution is 2.24. The number of anilines is 1. The van der Waals surface area contributed by atoms with Crippen molar-refractivity contribution in [2.24, 2.45) is 0 Å². The number of hydrogen-bond donors (Lipinski definition) is 1. The molecule has 0 unspecified atom stereocenters. The molecule has 2 rings (SSSR count). The molecule has 0 aromatic heterocycles. The second-order valence-electron chi connectivity index (χ2n) is 3.83. The molecule has 0 bridgehead atoms. The lowest BCUT2D eigenvalue weighted by molar-refractivity contribution is 0.414. The molecule has 94 valence electrons. The molecule has 0 atom stereocenters. The predicted molar refractivity (Wildman–Crippen MR) is 74.4 cm³/mol. The molecule has 0 saturated carbocycles. The summed E-state index contributed by atoms with van der Waals surface area (Å²) < 4.78 is 18.8. The second kappa shape index (κ2) is 5.87. The van der Waals surface area contributed by atoms with Gasteiger partial charge >= 0.3 is 0 Å². The van der Waals surface area contributed by atoms with E-state index in [2.05, 4.69) is 21.2 Å². The number of methoxy groups -OCH3 is 1. The van der Waals surface area contributed by atoms with Crippen LogP contribution in [0.25, 0.3) is 0 Å². The Balaban J connectivity index is 2.06. The first-order chi connectivity index (χ1) is 8.69. The van der Waals surface area contributed by atoms with Gasteiger partial charge in [0.15, 0.2) is 0 Å².